The molecular formula is C42H37BrN12O6. The fourth-order valence-corrected chi connectivity index (χ4v) is 6.02. The Bertz CT molecular complexity index is 2830. The zero-order chi connectivity index (χ0) is 43.5. The number of aromatic amines is 1. The summed E-state index contributed by atoms with van der Waals surface area (Å²) in [6, 6.07) is 24.7. The quantitative estimate of drug-likeness (QED) is 0.130. The molecule has 61 heavy (non-hydrogen) atoms. The van der Waals surface area contributed by atoms with Crippen molar-refractivity contribution in [3.8, 4) is 17.5 Å². The van der Waals surface area contributed by atoms with Gasteiger partial charge in [0.1, 0.15) is 36.4 Å². The number of aryl methyl sites for hydroxylation is 4. The van der Waals surface area contributed by atoms with Crippen LogP contribution < -0.4 is 10.3 Å². The van der Waals surface area contributed by atoms with Gasteiger partial charge in [-0.1, -0.05) is 76.6 Å². The van der Waals surface area contributed by atoms with Crippen molar-refractivity contribution in [3.63, 3.8) is 0 Å². The van der Waals surface area contributed by atoms with Crippen LogP contribution in [0.15, 0.2) is 127 Å². The van der Waals surface area contributed by atoms with E-state index < -0.39 is 0 Å². The van der Waals surface area contributed by atoms with Gasteiger partial charge < -0.3 is 9.84 Å². The molecule has 8 aromatic rings. The minimum atomic E-state index is -0.361. The molecule has 0 amide bonds. The maximum absolute atomic E-state index is 13.1. The standard InChI is InChI=1S/C21H18N6O3.C13H12N6O2.C8H7BrO/c1-14-16(8-9-19(25-14)27-13-22-12-24-27)20(29)17-10-23-26(2)21(17)30-11-18(28)15-6-4-3-5-7-15;1-8-9(12(20)10-5-15-18(2)13(10)21)3-4-11(17-8)19-7-14-6-16-19;9-6-8(10)7-4-2-1-3-5-7/h3-10,12-13H,11H2,1-2H3;3-7,15H,1-2H3;1-5H,6H2. The number of rotatable bonds is 12. The van der Waals surface area contributed by atoms with E-state index in [1.807, 2.05) is 36.4 Å². The van der Waals surface area contributed by atoms with E-state index in [-0.39, 0.29) is 52.3 Å². The van der Waals surface area contributed by atoms with Gasteiger partial charge in [-0.15, -0.1) is 0 Å². The highest BCUT2D eigenvalue weighted by Gasteiger charge is 2.23. The number of hydrogen-bond acceptors (Lipinski definition) is 13. The van der Waals surface area contributed by atoms with Gasteiger partial charge in [-0.2, -0.15) is 15.3 Å². The van der Waals surface area contributed by atoms with E-state index in [1.54, 1.807) is 76.5 Å². The number of ketones is 4. The Balaban J connectivity index is 0.000000173. The molecule has 0 aliphatic rings. The van der Waals surface area contributed by atoms with Crippen LogP contribution in [0.2, 0.25) is 0 Å². The summed E-state index contributed by atoms with van der Waals surface area (Å²) < 4.78 is 11.4. The monoisotopic (exact) mass is 884 g/mol. The number of halogens is 1. The third-order valence-electron chi connectivity index (χ3n) is 8.90. The van der Waals surface area contributed by atoms with Gasteiger partial charge in [0.2, 0.25) is 17.4 Å². The van der Waals surface area contributed by atoms with Crippen LogP contribution in [0.4, 0.5) is 0 Å². The van der Waals surface area contributed by atoms with Gasteiger partial charge in [0.05, 0.1) is 22.9 Å². The van der Waals surface area contributed by atoms with Crippen molar-refractivity contribution in [3.05, 3.63) is 178 Å². The molecule has 0 aliphatic heterocycles. The maximum Gasteiger partial charge on any atom is 0.277 e. The molecule has 18 nitrogen and oxygen atoms in total. The second-order valence-corrected chi connectivity index (χ2v) is 13.5. The molecule has 308 valence electrons. The molecule has 6 heterocycles. The Morgan fingerprint density at radius 2 is 1.16 bits per heavy atom. The van der Waals surface area contributed by atoms with Crippen LogP contribution in [0.1, 0.15) is 63.9 Å². The molecule has 0 aliphatic carbocycles. The van der Waals surface area contributed by atoms with Crippen LogP contribution in [0.3, 0.4) is 0 Å². The van der Waals surface area contributed by atoms with Gasteiger partial charge in [0, 0.05) is 42.5 Å². The Kier molecular flexibility index (Phi) is 13.9. The SMILES string of the molecule is Cc1nc(-n2cncn2)ccc1C(=O)c1c[nH]n(C)c1=O.Cc1nc(-n2cncn2)ccc1C(=O)c1cnn(C)c1OCC(=O)c1ccccc1.O=C(CBr)c1ccccc1. The van der Waals surface area contributed by atoms with Gasteiger partial charge in [-0.25, -0.2) is 34.0 Å². The lowest BCUT2D eigenvalue weighted by atomic mass is 10.0. The smallest absolute Gasteiger partial charge is 0.277 e. The molecule has 19 heteroatoms. The highest BCUT2D eigenvalue weighted by molar-refractivity contribution is 9.09. The van der Waals surface area contributed by atoms with E-state index in [2.05, 4.69) is 56.3 Å². The molecular weight excluding hydrogens is 848 g/mol. The van der Waals surface area contributed by atoms with E-state index in [4.69, 9.17) is 4.74 Å². The number of pyridine rings is 2. The predicted molar refractivity (Wildman–Crippen MR) is 225 cm³/mol. The summed E-state index contributed by atoms with van der Waals surface area (Å²) in [6.45, 7) is 3.25. The van der Waals surface area contributed by atoms with Gasteiger partial charge in [0.25, 0.3) is 5.56 Å². The Hall–Kier alpha value is -7.80. The van der Waals surface area contributed by atoms with Crippen molar-refractivity contribution < 1.29 is 23.9 Å². The van der Waals surface area contributed by atoms with Crippen molar-refractivity contribution in [2.45, 2.75) is 13.8 Å². The molecule has 0 atom stereocenters. The average molecular weight is 886 g/mol. The molecule has 1 N–H and O–H groups in total. The molecule has 0 bridgehead atoms. The van der Waals surface area contributed by atoms with Gasteiger partial charge in [-0.3, -0.25) is 28.7 Å². The second-order valence-electron chi connectivity index (χ2n) is 13.0. The lowest BCUT2D eigenvalue weighted by molar-refractivity contribution is 0.0907. The van der Waals surface area contributed by atoms with Gasteiger partial charge in [0.15, 0.2) is 29.8 Å². The summed E-state index contributed by atoms with van der Waals surface area (Å²) in [6.07, 6.45) is 8.68. The van der Waals surface area contributed by atoms with Crippen LogP contribution >= 0.6 is 15.9 Å². The lowest BCUT2D eigenvalue weighted by Gasteiger charge is -2.10. The van der Waals surface area contributed by atoms with Crippen molar-refractivity contribution in [2.24, 2.45) is 14.1 Å². The van der Waals surface area contributed by atoms with Gasteiger partial charge >= 0.3 is 0 Å². The Labute approximate surface area is 356 Å². The molecule has 0 radical (unpaired) electrons. The van der Waals surface area contributed by atoms with Crippen molar-refractivity contribution >= 4 is 39.1 Å². The fourth-order valence-electron chi connectivity index (χ4n) is 5.69. The normalized spacial score (nSPS) is 10.5. The number of nitrogens with one attached hydrogen (secondary N) is 1. The van der Waals surface area contributed by atoms with Crippen LogP contribution in [0.5, 0.6) is 5.88 Å². The number of Topliss-reactive ketones (excluding diaryl/α,β-unsaturated/α-hetero) is 2. The molecule has 0 spiro atoms. The molecule has 8 rings (SSSR count). The van der Waals surface area contributed by atoms with E-state index in [0.717, 1.165) is 5.56 Å². The number of nitrogens with zero attached hydrogens (tertiary/aromatic N) is 11. The molecule has 6 aromatic heterocycles. The van der Waals surface area contributed by atoms with Crippen molar-refractivity contribution in [1.29, 1.82) is 0 Å². The Morgan fingerprint density at radius 3 is 1.61 bits per heavy atom. The highest BCUT2D eigenvalue weighted by Crippen LogP contribution is 2.23. The van der Waals surface area contributed by atoms with E-state index in [9.17, 15) is 24.0 Å². The van der Waals surface area contributed by atoms with Crippen LogP contribution in [-0.4, -0.2) is 94.1 Å². The zero-order valence-electron chi connectivity index (χ0n) is 33.2. The first-order chi connectivity index (χ1) is 29.5. The number of alkyl halides is 1. The van der Waals surface area contributed by atoms with Crippen LogP contribution in [-0.2, 0) is 14.1 Å². The number of H-pyrrole nitrogens is 1. The summed E-state index contributed by atoms with van der Waals surface area (Å²) in [7, 11) is 3.20. The molecule has 2 aromatic carbocycles. The molecule has 0 unspecified atom stereocenters. The number of hydrogen-bond donors (Lipinski definition) is 1. The topological polar surface area (TPSA) is 220 Å². The van der Waals surface area contributed by atoms with Crippen LogP contribution in [0.25, 0.3) is 11.6 Å². The van der Waals surface area contributed by atoms with Gasteiger partial charge in [-0.05, 0) is 38.1 Å². The van der Waals surface area contributed by atoms with Crippen molar-refractivity contribution in [2.75, 3.05) is 11.9 Å². The third kappa shape index (κ3) is 10.3. The number of aromatic nitrogens is 12. The number of ether oxygens (including phenoxy) is 1. The first-order valence-corrected chi connectivity index (χ1v) is 19.4. The summed E-state index contributed by atoms with van der Waals surface area (Å²) in [5.41, 5.74) is 3.14. The summed E-state index contributed by atoms with van der Waals surface area (Å²) in [4.78, 5) is 77.1. The van der Waals surface area contributed by atoms with E-state index >= 15 is 0 Å². The summed E-state index contributed by atoms with van der Waals surface area (Å²) in [5, 5.41) is 15.2. The fraction of sp³-hybridized carbons (Fsp3) is 0.143. The predicted octanol–water partition coefficient (Wildman–Crippen LogP) is 4.69. The first kappa shape index (κ1) is 42.8. The molecule has 0 saturated heterocycles. The van der Waals surface area contributed by atoms with E-state index in [0.29, 0.717) is 45.0 Å². The minimum absolute atomic E-state index is 0.0934. The summed E-state index contributed by atoms with van der Waals surface area (Å²) in [5.74, 6) is 0.628. The van der Waals surface area contributed by atoms with E-state index in [1.165, 1.54) is 56.4 Å². The van der Waals surface area contributed by atoms with Crippen LogP contribution in [0, 0.1) is 13.8 Å². The van der Waals surface area contributed by atoms with Crippen molar-refractivity contribution in [1.82, 2.24) is 59.1 Å². The number of carbonyl (C=O) groups is 4. The molecule has 0 fully saturated rings. The highest BCUT2D eigenvalue weighted by atomic mass is 79.9. The lowest BCUT2D eigenvalue weighted by Crippen LogP contribution is -2.20. The maximum atomic E-state index is 13.1. The largest absolute Gasteiger partial charge is 0.469 e. The minimum Gasteiger partial charge on any atom is -0.469 e. The average Bonchev–Trinajstić information content (AvgIpc) is 4.13. The number of benzene rings is 2. The first-order valence-electron chi connectivity index (χ1n) is 18.3. The summed E-state index contributed by atoms with van der Waals surface area (Å²) >= 11 is 3.10. The number of carbonyl (C=O) groups excluding carboxylic acids is 4. The third-order valence-corrected chi connectivity index (χ3v) is 9.41. The second kappa shape index (κ2) is 19.8. The molecule has 0 saturated carbocycles. The zero-order valence-corrected chi connectivity index (χ0v) is 34.8. The Morgan fingerprint density at radius 1 is 0.656 bits per heavy atom.